The Kier molecular flexibility index (Phi) is 12.5. The van der Waals surface area contributed by atoms with Gasteiger partial charge >= 0.3 is 5.97 Å². The van der Waals surface area contributed by atoms with Crippen LogP contribution in [0.2, 0.25) is 0 Å². The van der Waals surface area contributed by atoms with Gasteiger partial charge in [-0.25, -0.2) is 0 Å². The Bertz CT molecular complexity index is 487. The quantitative estimate of drug-likeness (QED) is 0.467. The first-order valence-corrected chi connectivity index (χ1v) is 9.89. The van der Waals surface area contributed by atoms with E-state index >= 15 is 0 Å². The van der Waals surface area contributed by atoms with Crippen LogP contribution in [0.4, 0.5) is 0 Å². The van der Waals surface area contributed by atoms with Crippen molar-refractivity contribution in [1.29, 1.82) is 0 Å². The average molecular weight is 390 g/mol. The standard InChI is InChI=1S/C17H31N3O5S/c1-5-16(23)20(11-13-26-12-6-17(24)25)10-9-19(15(3)22)8-7-18(4)14(2)21/h5-13H2,1-4H3,(H,24,25). The molecule has 150 valence electrons. The first-order valence-electron chi connectivity index (χ1n) is 8.73. The zero-order valence-corrected chi connectivity index (χ0v) is 17.0. The minimum absolute atomic E-state index is 0.00758. The number of carboxylic acid groups (broad SMARTS) is 1. The zero-order valence-electron chi connectivity index (χ0n) is 16.2. The molecule has 8 nitrogen and oxygen atoms in total. The number of carbonyl (C=O) groups is 4. The summed E-state index contributed by atoms with van der Waals surface area (Å²) in [6.45, 7) is 6.97. The number of rotatable bonds is 13. The van der Waals surface area contributed by atoms with Crippen LogP contribution in [0.1, 0.15) is 33.6 Å². The summed E-state index contributed by atoms with van der Waals surface area (Å²) in [5.41, 5.74) is 0. The van der Waals surface area contributed by atoms with E-state index in [0.29, 0.717) is 50.7 Å². The molecule has 0 heterocycles. The van der Waals surface area contributed by atoms with Gasteiger partial charge in [-0.3, -0.25) is 19.2 Å². The molecule has 0 radical (unpaired) electrons. The van der Waals surface area contributed by atoms with Crippen molar-refractivity contribution in [3.63, 3.8) is 0 Å². The van der Waals surface area contributed by atoms with Gasteiger partial charge in [-0.1, -0.05) is 6.92 Å². The van der Waals surface area contributed by atoms with Gasteiger partial charge in [0.05, 0.1) is 6.42 Å². The topological polar surface area (TPSA) is 98.2 Å². The normalized spacial score (nSPS) is 10.3. The highest BCUT2D eigenvalue weighted by atomic mass is 32.2. The van der Waals surface area contributed by atoms with Crippen molar-refractivity contribution in [2.45, 2.75) is 33.6 Å². The molecule has 0 fully saturated rings. The van der Waals surface area contributed by atoms with E-state index in [9.17, 15) is 19.2 Å². The molecular weight excluding hydrogens is 358 g/mol. The van der Waals surface area contributed by atoms with Crippen molar-refractivity contribution >= 4 is 35.5 Å². The predicted molar refractivity (Wildman–Crippen MR) is 102 cm³/mol. The molecule has 0 bridgehead atoms. The van der Waals surface area contributed by atoms with Crippen molar-refractivity contribution in [3.05, 3.63) is 0 Å². The van der Waals surface area contributed by atoms with Crippen molar-refractivity contribution in [2.75, 3.05) is 51.3 Å². The number of hydrogen-bond donors (Lipinski definition) is 1. The molecule has 0 aliphatic rings. The predicted octanol–water partition coefficient (Wildman–Crippen LogP) is 0.760. The third-order valence-electron chi connectivity index (χ3n) is 3.95. The molecule has 0 saturated carbocycles. The van der Waals surface area contributed by atoms with Gasteiger partial charge in [0.2, 0.25) is 17.7 Å². The van der Waals surface area contributed by atoms with Gasteiger partial charge in [0, 0.05) is 71.5 Å². The molecule has 0 aliphatic carbocycles. The maximum Gasteiger partial charge on any atom is 0.304 e. The second kappa shape index (κ2) is 13.4. The Morgan fingerprint density at radius 1 is 0.846 bits per heavy atom. The van der Waals surface area contributed by atoms with E-state index in [1.807, 2.05) is 0 Å². The first kappa shape index (κ1) is 24.2. The van der Waals surface area contributed by atoms with E-state index in [1.54, 1.807) is 28.7 Å². The second-order valence-electron chi connectivity index (χ2n) is 5.94. The molecule has 0 aliphatic heterocycles. The Labute approximate surface area is 159 Å². The highest BCUT2D eigenvalue weighted by Gasteiger charge is 2.16. The van der Waals surface area contributed by atoms with E-state index in [0.717, 1.165) is 0 Å². The van der Waals surface area contributed by atoms with Crippen molar-refractivity contribution in [2.24, 2.45) is 0 Å². The molecule has 0 unspecified atom stereocenters. The molecule has 0 aromatic rings. The summed E-state index contributed by atoms with van der Waals surface area (Å²) in [6, 6.07) is 0. The smallest absolute Gasteiger partial charge is 0.304 e. The van der Waals surface area contributed by atoms with Crippen LogP contribution in [0.5, 0.6) is 0 Å². The summed E-state index contributed by atoms with van der Waals surface area (Å²) in [5.74, 6) is 0.197. The molecule has 0 rings (SSSR count). The average Bonchev–Trinajstić information content (AvgIpc) is 2.57. The lowest BCUT2D eigenvalue weighted by Gasteiger charge is -2.28. The van der Waals surface area contributed by atoms with Gasteiger partial charge in [-0.2, -0.15) is 11.8 Å². The molecule has 1 N–H and O–H groups in total. The molecule has 3 amide bonds. The molecule has 0 saturated heterocycles. The number of likely N-dealkylation sites (N-methyl/N-ethyl adjacent to an activating group) is 1. The Morgan fingerprint density at radius 3 is 1.92 bits per heavy atom. The first-order chi connectivity index (χ1) is 12.2. The molecule has 0 aromatic heterocycles. The Balaban J connectivity index is 4.48. The third kappa shape index (κ3) is 11.0. The molecule has 0 atom stereocenters. The minimum Gasteiger partial charge on any atom is -0.481 e. The van der Waals surface area contributed by atoms with E-state index in [2.05, 4.69) is 0 Å². The summed E-state index contributed by atoms with van der Waals surface area (Å²) in [6.07, 6.45) is 0.487. The van der Waals surface area contributed by atoms with Gasteiger partial charge in [0.1, 0.15) is 0 Å². The molecule has 9 heteroatoms. The summed E-state index contributed by atoms with van der Waals surface area (Å²) in [7, 11) is 1.68. The number of thioether (sulfide) groups is 1. The molecular formula is C17H31N3O5S. The highest BCUT2D eigenvalue weighted by molar-refractivity contribution is 7.99. The fraction of sp³-hybridized carbons (Fsp3) is 0.765. The molecule has 0 spiro atoms. The van der Waals surface area contributed by atoms with Crippen molar-refractivity contribution < 1.29 is 24.3 Å². The monoisotopic (exact) mass is 389 g/mol. The summed E-state index contributed by atoms with van der Waals surface area (Å²) in [4.78, 5) is 50.5. The van der Waals surface area contributed by atoms with Gasteiger partial charge in [0.15, 0.2) is 0 Å². The summed E-state index contributed by atoms with van der Waals surface area (Å²) in [5, 5.41) is 8.63. The van der Waals surface area contributed by atoms with Gasteiger partial charge in [0.25, 0.3) is 0 Å². The van der Waals surface area contributed by atoms with Gasteiger partial charge in [-0.05, 0) is 0 Å². The number of nitrogens with zero attached hydrogens (tertiary/aromatic N) is 3. The SMILES string of the molecule is CCC(=O)N(CCSCCC(=O)O)CCN(CCN(C)C(C)=O)C(C)=O. The fourth-order valence-electron chi connectivity index (χ4n) is 2.12. The van der Waals surface area contributed by atoms with E-state index in [4.69, 9.17) is 5.11 Å². The highest BCUT2D eigenvalue weighted by Crippen LogP contribution is 2.05. The Hall–Kier alpha value is -1.77. The number of hydrogen-bond acceptors (Lipinski definition) is 5. The summed E-state index contributed by atoms with van der Waals surface area (Å²) < 4.78 is 0. The maximum absolute atomic E-state index is 12.1. The van der Waals surface area contributed by atoms with Crippen molar-refractivity contribution in [1.82, 2.24) is 14.7 Å². The number of carboxylic acids is 1. The van der Waals surface area contributed by atoms with Crippen LogP contribution in [0.3, 0.4) is 0 Å². The van der Waals surface area contributed by atoms with E-state index < -0.39 is 5.97 Å². The van der Waals surface area contributed by atoms with Gasteiger partial charge < -0.3 is 19.8 Å². The van der Waals surface area contributed by atoms with Crippen LogP contribution in [0, 0.1) is 0 Å². The molecule has 0 aromatic carbocycles. The maximum atomic E-state index is 12.1. The Morgan fingerprint density at radius 2 is 1.42 bits per heavy atom. The van der Waals surface area contributed by atoms with Crippen LogP contribution < -0.4 is 0 Å². The second-order valence-corrected chi connectivity index (χ2v) is 7.16. The lowest BCUT2D eigenvalue weighted by atomic mass is 10.3. The lowest BCUT2D eigenvalue weighted by Crippen LogP contribution is -2.44. The zero-order chi connectivity index (χ0) is 20.1. The van der Waals surface area contributed by atoms with Crippen molar-refractivity contribution in [3.8, 4) is 0 Å². The minimum atomic E-state index is -0.827. The number of aliphatic carboxylic acids is 1. The fourth-order valence-corrected chi connectivity index (χ4v) is 2.99. The van der Waals surface area contributed by atoms with Crippen LogP contribution in [0.15, 0.2) is 0 Å². The van der Waals surface area contributed by atoms with Crippen LogP contribution >= 0.6 is 11.8 Å². The summed E-state index contributed by atoms with van der Waals surface area (Å²) >= 11 is 1.50. The van der Waals surface area contributed by atoms with E-state index in [-0.39, 0.29) is 24.1 Å². The van der Waals surface area contributed by atoms with Crippen LogP contribution in [-0.4, -0.2) is 94.8 Å². The van der Waals surface area contributed by atoms with E-state index in [1.165, 1.54) is 25.6 Å². The van der Waals surface area contributed by atoms with Crippen LogP contribution in [0.25, 0.3) is 0 Å². The number of amides is 3. The number of carbonyl (C=O) groups excluding carboxylic acids is 3. The third-order valence-corrected chi connectivity index (χ3v) is 4.91. The molecule has 26 heavy (non-hydrogen) atoms. The largest absolute Gasteiger partial charge is 0.481 e. The van der Waals surface area contributed by atoms with Crippen LogP contribution in [-0.2, 0) is 19.2 Å². The lowest BCUT2D eigenvalue weighted by molar-refractivity contribution is -0.136. The van der Waals surface area contributed by atoms with Gasteiger partial charge in [-0.15, -0.1) is 0 Å².